The van der Waals surface area contributed by atoms with Crippen molar-refractivity contribution < 1.29 is 17.9 Å². The van der Waals surface area contributed by atoms with E-state index in [4.69, 9.17) is 10.2 Å². The second-order valence-electron chi connectivity index (χ2n) is 2.94. The van der Waals surface area contributed by atoms with Crippen LogP contribution in [0.2, 0.25) is 0 Å². The number of nitrogens with two attached hydrogens (primary N) is 1. The van der Waals surface area contributed by atoms with Crippen molar-refractivity contribution >= 4 is 6.01 Å². The second-order valence-corrected chi connectivity index (χ2v) is 2.94. The lowest BCUT2D eigenvalue weighted by molar-refractivity contribution is -0.0495. The maximum atomic E-state index is 12.1. The molecule has 0 aliphatic rings. The van der Waals surface area contributed by atoms with Crippen molar-refractivity contribution in [1.82, 2.24) is 4.98 Å². The van der Waals surface area contributed by atoms with Crippen LogP contribution < -0.4 is 10.5 Å². The van der Waals surface area contributed by atoms with E-state index in [2.05, 4.69) is 9.72 Å². The number of aromatic nitrogens is 1. The smallest absolute Gasteiger partial charge is 0.387 e. The largest absolute Gasteiger partial charge is 0.434 e. The van der Waals surface area contributed by atoms with E-state index < -0.39 is 6.61 Å². The van der Waals surface area contributed by atoms with Gasteiger partial charge in [0.2, 0.25) is 0 Å². The summed E-state index contributed by atoms with van der Waals surface area (Å²) in [4.78, 5) is 3.68. The summed E-state index contributed by atoms with van der Waals surface area (Å²) in [5.41, 5.74) is 5.68. The molecule has 0 amide bonds. The van der Waals surface area contributed by atoms with Crippen molar-refractivity contribution in [1.29, 1.82) is 0 Å². The number of alkyl halides is 2. The standard InChI is InChI=1S/C10H8F2N2O2/c11-9(12)15-7-4-2-1-3-6(7)8-5-14-10(13)16-8/h1-5,9H,(H2,13,14). The number of benzene rings is 1. The molecule has 0 radical (unpaired) electrons. The first-order valence-electron chi connectivity index (χ1n) is 4.42. The molecule has 0 bridgehead atoms. The summed E-state index contributed by atoms with van der Waals surface area (Å²) < 4.78 is 33.6. The van der Waals surface area contributed by atoms with Gasteiger partial charge in [-0.1, -0.05) is 12.1 Å². The molecule has 6 heteroatoms. The summed E-state index contributed by atoms with van der Waals surface area (Å²) in [5, 5.41) is 0. The molecule has 0 spiro atoms. The molecule has 1 aromatic carbocycles. The lowest BCUT2D eigenvalue weighted by atomic mass is 10.1. The molecule has 0 saturated heterocycles. The Kier molecular flexibility index (Phi) is 2.72. The van der Waals surface area contributed by atoms with Crippen LogP contribution in [0.25, 0.3) is 11.3 Å². The summed E-state index contributed by atoms with van der Waals surface area (Å²) >= 11 is 0. The van der Waals surface area contributed by atoms with Crippen molar-refractivity contribution in [2.45, 2.75) is 6.61 Å². The monoisotopic (exact) mass is 226 g/mol. The van der Waals surface area contributed by atoms with Gasteiger partial charge in [-0.15, -0.1) is 0 Å². The Hall–Kier alpha value is -2.11. The first kappa shape index (κ1) is 10.4. The lowest BCUT2D eigenvalue weighted by Crippen LogP contribution is -2.02. The Balaban J connectivity index is 2.40. The Morgan fingerprint density at radius 2 is 2.06 bits per heavy atom. The molecular formula is C10H8F2N2O2. The Morgan fingerprint density at radius 3 is 2.69 bits per heavy atom. The second kappa shape index (κ2) is 4.18. The number of ether oxygens (including phenoxy) is 1. The Labute approximate surface area is 89.7 Å². The topological polar surface area (TPSA) is 61.3 Å². The first-order valence-corrected chi connectivity index (χ1v) is 4.42. The summed E-state index contributed by atoms with van der Waals surface area (Å²) in [6.07, 6.45) is 1.35. The van der Waals surface area contributed by atoms with Crippen molar-refractivity contribution in [3.05, 3.63) is 30.5 Å². The van der Waals surface area contributed by atoms with Crippen LogP contribution in [-0.4, -0.2) is 11.6 Å². The number of para-hydroxylation sites is 1. The van der Waals surface area contributed by atoms with Crippen LogP contribution >= 0.6 is 0 Å². The molecule has 0 atom stereocenters. The number of anilines is 1. The van der Waals surface area contributed by atoms with Crippen LogP contribution in [0.3, 0.4) is 0 Å². The molecule has 0 unspecified atom stereocenters. The molecule has 2 rings (SSSR count). The number of oxazole rings is 1. The van der Waals surface area contributed by atoms with Gasteiger partial charge in [0, 0.05) is 0 Å². The van der Waals surface area contributed by atoms with E-state index in [9.17, 15) is 8.78 Å². The van der Waals surface area contributed by atoms with Gasteiger partial charge in [-0.25, -0.2) is 4.98 Å². The summed E-state index contributed by atoms with van der Waals surface area (Å²) in [6, 6.07) is 6.23. The average Bonchev–Trinajstić information content (AvgIpc) is 2.65. The number of hydrogen-bond donors (Lipinski definition) is 1. The van der Waals surface area contributed by atoms with Crippen LogP contribution in [0.1, 0.15) is 0 Å². The third-order valence-electron chi connectivity index (χ3n) is 1.89. The quantitative estimate of drug-likeness (QED) is 0.873. The summed E-state index contributed by atoms with van der Waals surface area (Å²) in [5.74, 6) is 0.308. The van der Waals surface area contributed by atoms with Gasteiger partial charge in [-0.3, -0.25) is 0 Å². The SMILES string of the molecule is Nc1ncc(-c2ccccc2OC(F)F)o1. The molecule has 4 nitrogen and oxygen atoms in total. The zero-order valence-electron chi connectivity index (χ0n) is 8.06. The molecule has 1 heterocycles. The van der Waals surface area contributed by atoms with Crippen molar-refractivity contribution in [3.8, 4) is 17.1 Å². The van der Waals surface area contributed by atoms with Gasteiger partial charge in [0.25, 0.3) is 6.01 Å². The number of rotatable bonds is 3. The van der Waals surface area contributed by atoms with E-state index in [0.717, 1.165) is 0 Å². The third kappa shape index (κ3) is 2.10. The average molecular weight is 226 g/mol. The summed E-state index contributed by atoms with van der Waals surface area (Å²) in [7, 11) is 0. The predicted octanol–water partition coefficient (Wildman–Crippen LogP) is 2.53. The fraction of sp³-hybridized carbons (Fsp3) is 0.100. The minimum Gasteiger partial charge on any atom is -0.434 e. The third-order valence-corrected chi connectivity index (χ3v) is 1.89. The van der Waals surface area contributed by atoms with Gasteiger partial charge in [0.05, 0.1) is 11.8 Å². The van der Waals surface area contributed by atoms with Crippen LogP contribution in [0, 0.1) is 0 Å². The highest BCUT2D eigenvalue weighted by Crippen LogP contribution is 2.31. The minimum atomic E-state index is -2.89. The first-order chi connectivity index (χ1) is 7.66. The van der Waals surface area contributed by atoms with Gasteiger partial charge in [0.1, 0.15) is 5.75 Å². The molecule has 2 aromatic rings. The zero-order valence-corrected chi connectivity index (χ0v) is 8.06. The van der Waals surface area contributed by atoms with Gasteiger partial charge in [-0.05, 0) is 12.1 Å². The molecule has 0 aliphatic carbocycles. The molecule has 0 aliphatic heterocycles. The van der Waals surface area contributed by atoms with E-state index >= 15 is 0 Å². The van der Waals surface area contributed by atoms with Crippen LogP contribution in [0.15, 0.2) is 34.9 Å². The maximum absolute atomic E-state index is 12.1. The number of hydrogen-bond acceptors (Lipinski definition) is 4. The maximum Gasteiger partial charge on any atom is 0.387 e. The van der Waals surface area contributed by atoms with Gasteiger partial charge < -0.3 is 14.9 Å². The minimum absolute atomic E-state index is 0.0219. The summed E-state index contributed by atoms with van der Waals surface area (Å²) in [6.45, 7) is -2.89. The Morgan fingerprint density at radius 1 is 1.31 bits per heavy atom. The highest BCUT2D eigenvalue weighted by atomic mass is 19.3. The Bertz CT molecular complexity index is 485. The van der Waals surface area contributed by atoms with Crippen molar-refractivity contribution in [2.75, 3.05) is 5.73 Å². The van der Waals surface area contributed by atoms with E-state index in [1.165, 1.54) is 12.3 Å². The highest BCUT2D eigenvalue weighted by molar-refractivity contribution is 5.65. The van der Waals surface area contributed by atoms with Crippen molar-refractivity contribution in [2.24, 2.45) is 0 Å². The molecule has 0 fully saturated rings. The van der Waals surface area contributed by atoms with E-state index in [0.29, 0.717) is 5.56 Å². The van der Waals surface area contributed by atoms with Crippen LogP contribution in [-0.2, 0) is 0 Å². The molecule has 16 heavy (non-hydrogen) atoms. The van der Waals surface area contributed by atoms with E-state index in [1.807, 2.05) is 0 Å². The van der Waals surface area contributed by atoms with Crippen LogP contribution in [0.5, 0.6) is 5.75 Å². The molecule has 1 aromatic heterocycles. The van der Waals surface area contributed by atoms with E-state index in [-0.39, 0.29) is 17.5 Å². The lowest BCUT2D eigenvalue weighted by Gasteiger charge is -2.07. The fourth-order valence-electron chi connectivity index (χ4n) is 1.28. The van der Waals surface area contributed by atoms with Crippen LogP contribution in [0.4, 0.5) is 14.8 Å². The van der Waals surface area contributed by atoms with Crippen molar-refractivity contribution in [3.63, 3.8) is 0 Å². The van der Waals surface area contributed by atoms with Gasteiger partial charge in [0.15, 0.2) is 5.76 Å². The zero-order chi connectivity index (χ0) is 11.5. The number of nitrogen functional groups attached to an aromatic ring is 1. The van der Waals surface area contributed by atoms with Gasteiger partial charge in [-0.2, -0.15) is 8.78 Å². The van der Waals surface area contributed by atoms with E-state index in [1.54, 1.807) is 18.2 Å². The molecule has 2 N–H and O–H groups in total. The molecule has 84 valence electrons. The predicted molar refractivity (Wildman–Crippen MR) is 53.0 cm³/mol. The van der Waals surface area contributed by atoms with Gasteiger partial charge >= 0.3 is 6.61 Å². The highest BCUT2D eigenvalue weighted by Gasteiger charge is 2.13. The normalized spacial score (nSPS) is 10.7. The number of halogens is 2. The molecule has 0 saturated carbocycles. The molecular weight excluding hydrogens is 218 g/mol. The fourth-order valence-corrected chi connectivity index (χ4v) is 1.28. The number of nitrogens with zero attached hydrogens (tertiary/aromatic N) is 1.